The summed E-state index contributed by atoms with van der Waals surface area (Å²) in [6.07, 6.45) is 0.944. The number of piperazine rings is 2. The van der Waals surface area contributed by atoms with E-state index in [4.69, 9.17) is 4.74 Å². The van der Waals surface area contributed by atoms with Gasteiger partial charge in [0.15, 0.2) is 0 Å². The predicted octanol–water partition coefficient (Wildman–Crippen LogP) is 0.424. The van der Waals surface area contributed by atoms with E-state index in [1.807, 2.05) is 20.8 Å². The molecule has 0 atom stereocenters. The molecule has 2 aliphatic rings. The SMILES string of the molecule is CC(C)(C)OC(=O)NCCN1CCN(CCCN2CCNCC2)CC1. The van der Waals surface area contributed by atoms with E-state index in [1.54, 1.807) is 0 Å². The fourth-order valence-corrected chi connectivity index (χ4v) is 3.32. The van der Waals surface area contributed by atoms with Gasteiger partial charge in [0.05, 0.1) is 0 Å². The van der Waals surface area contributed by atoms with E-state index in [-0.39, 0.29) is 6.09 Å². The highest BCUT2D eigenvalue weighted by atomic mass is 16.6. The average molecular weight is 356 g/mol. The summed E-state index contributed by atoms with van der Waals surface area (Å²) in [5.74, 6) is 0. The summed E-state index contributed by atoms with van der Waals surface area (Å²) in [7, 11) is 0. The summed E-state index contributed by atoms with van der Waals surface area (Å²) >= 11 is 0. The molecule has 0 bridgehead atoms. The van der Waals surface area contributed by atoms with Gasteiger partial charge in [-0.2, -0.15) is 0 Å². The number of rotatable bonds is 7. The van der Waals surface area contributed by atoms with Gasteiger partial charge in [0.25, 0.3) is 0 Å². The zero-order chi connectivity index (χ0) is 18.1. The second-order valence-corrected chi connectivity index (χ2v) is 8.06. The molecule has 0 radical (unpaired) electrons. The number of nitrogens with zero attached hydrogens (tertiary/aromatic N) is 3. The van der Waals surface area contributed by atoms with Crippen LogP contribution >= 0.6 is 0 Å². The predicted molar refractivity (Wildman–Crippen MR) is 101 cm³/mol. The van der Waals surface area contributed by atoms with Crippen LogP contribution in [0.15, 0.2) is 0 Å². The van der Waals surface area contributed by atoms with Crippen LogP contribution in [0, 0.1) is 0 Å². The van der Waals surface area contributed by atoms with Crippen molar-refractivity contribution in [1.82, 2.24) is 25.3 Å². The van der Waals surface area contributed by atoms with Crippen LogP contribution in [0.25, 0.3) is 0 Å². The first-order valence-corrected chi connectivity index (χ1v) is 9.77. The van der Waals surface area contributed by atoms with Crippen LogP contribution in [0.1, 0.15) is 27.2 Å². The fourth-order valence-electron chi connectivity index (χ4n) is 3.32. The molecule has 1 amide bonds. The van der Waals surface area contributed by atoms with Crippen molar-refractivity contribution in [3.63, 3.8) is 0 Å². The van der Waals surface area contributed by atoms with Crippen LogP contribution in [-0.2, 0) is 4.74 Å². The maximum absolute atomic E-state index is 11.6. The van der Waals surface area contributed by atoms with Gasteiger partial charge < -0.3 is 25.2 Å². The summed E-state index contributed by atoms with van der Waals surface area (Å²) in [6.45, 7) is 18.7. The highest BCUT2D eigenvalue weighted by molar-refractivity contribution is 5.67. The molecule has 0 aromatic heterocycles. The Morgan fingerprint density at radius 1 is 0.920 bits per heavy atom. The molecule has 7 heteroatoms. The second-order valence-electron chi connectivity index (χ2n) is 8.06. The summed E-state index contributed by atoms with van der Waals surface area (Å²) in [5, 5.41) is 6.24. The first-order chi connectivity index (χ1) is 11.9. The van der Waals surface area contributed by atoms with Crippen molar-refractivity contribution in [3.05, 3.63) is 0 Å². The average Bonchev–Trinajstić information content (AvgIpc) is 2.56. The Bertz CT molecular complexity index is 385. The van der Waals surface area contributed by atoms with Crippen molar-refractivity contribution >= 4 is 6.09 Å². The van der Waals surface area contributed by atoms with E-state index >= 15 is 0 Å². The van der Waals surface area contributed by atoms with Gasteiger partial charge in [-0.1, -0.05) is 0 Å². The lowest BCUT2D eigenvalue weighted by Gasteiger charge is -2.35. The Hall–Kier alpha value is -0.890. The molecular formula is C18H37N5O2. The molecular weight excluding hydrogens is 318 g/mol. The molecule has 0 spiro atoms. The van der Waals surface area contributed by atoms with E-state index in [0.29, 0.717) is 6.54 Å². The Kier molecular flexibility index (Phi) is 8.42. The van der Waals surface area contributed by atoms with Crippen LogP contribution in [-0.4, -0.2) is 105 Å². The van der Waals surface area contributed by atoms with E-state index in [0.717, 1.165) is 45.8 Å². The number of nitrogens with one attached hydrogen (secondary N) is 2. The number of hydrogen-bond acceptors (Lipinski definition) is 6. The van der Waals surface area contributed by atoms with Gasteiger partial charge in [0, 0.05) is 65.4 Å². The number of amides is 1. The quantitative estimate of drug-likeness (QED) is 0.690. The molecule has 2 N–H and O–H groups in total. The highest BCUT2D eigenvalue weighted by Gasteiger charge is 2.18. The van der Waals surface area contributed by atoms with Gasteiger partial charge in [-0.25, -0.2) is 4.79 Å². The lowest BCUT2D eigenvalue weighted by Crippen LogP contribution is -2.49. The van der Waals surface area contributed by atoms with Crippen LogP contribution < -0.4 is 10.6 Å². The number of alkyl carbamates (subject to hydrolysis) is 1. The van der Waals surface area contributed by atoms with Crippen molar-refractivity contribution < 1.29 is 9.53 Å². The summed E-state index contributed by atoms with van der Waals surface area (Å²) in [5.41, 5.74) is -0.430. The number of hydrogen-bond donors (Lipinski definition) is 2. The molecule has 0 aromatic rings. The lowest BCUT2D eigenvalue weighted by molar-refractivity contribution is 0.0516. The first-order valence-electron chi connectivity index (χ1n) is 9.77. The molecule has 2 aliphatic heterocycles. The van der Waals surface area contributed by atoms with Crippen LogP contribution in [0.5, 0.6) is 0 Å². The fraction of sp³-hybridized carbons (Fsp3) is 0.944. The van der Waals surface area contributed by atoms with Gasteiger partial charge in [-0.3, -0.25) is 4.90 Å². The van der Waals surface area contributed by atoms with Crippen molar-refractivity contribution in [2.75, 3.05) is 78.5 Å². The maximum atomic E-state index is 11.6. The lowest BCUT2D eigenvalue weighted by atomic mass is 10.2. The normalized spacial score (nSPS) is 21.2. The minimum absolute atomic E-state index is 0.320. The van der Waals surface area contributed by atoms with E-state index < -0.39 is 5.60 Å². The largest absolute Gasteiger partial charge is 0.444 e. The van der Waals surface area contributed by atoms with Crippen LogP contribution in [0.3, 0.4) is 0 Å². The summed E-state index contributed by atoms with van der Waals surface area (Å²) in [4.78, 5) is 19.2. The minimum Gasteiger partial charge on any atom is -0.444 e. The molecule has 0 unspecified atom stereocenters. The molecule has 0 aliphatic carbocycles. The van der Waals surface area contributed by atoms with Crippen molar-refractivity contribution in [2.24, 2.45) is 0 Å². The Morgan fingerprint density at radius 3 is 2.00 bits per heavy atom. The zero-order valence-corrected chi connectivity index (χ0v) is 16.4. The van der Waals surface area contributed by atoms with E-state index in [9.17, 15) is 4.79 Å². The van der Waals surface area contributed by atoms with Crippen LogP contribution in [0.2, 0.25) is 0 Å². The molecule has 7 nitrogen and oxygen atoms in total. The van der Waals surface area contributed by atoms with E-state index in [2.05, 4.69) is 25.3 Å². The smallest absolute Gasteiger partial charge is 0.407 e. The highest BCUT2D eigenvalue weighted by Crippen LogP contribution is 2.06. The number of carbonyl (C=O) groups is 1. The molecule has 0 aromatic carbocycles. The van der Waals surface area contributed by atoms with Gasteiger partial charge in [0.2, 0.25) is 0 Å². The molecule has 0 saturated carbocycles. The third kappa shape index (κ3) is 8.85. The Balaban J connectivity index is 1.49. The topological polar surface area (TPSA) is 60.1 Å². The standard InChI is InChI=1S/C18H37N5O2/c1-18(2,3)25-17(24)20-7-12-23-15-13-22(14-16-23)9-4-8-21-10-5-19-6-11-21/h19H,4-16H2,1-3H3,(H,20,24). The number of ether oxygens (including phenoxy) is 1. The second kappa shape index (κ2) is 10.3. The van der Waals surface area contributed by atoms with Crippen molar-refractivity contribution in [2.45, 2.75) is 32.8 Å². The number of carbonyl (C=O) groups excluding carboxylic acids is 1. The third-order valence-corrected chi connectivity index (χ3v) is 4.72. The zero-order valence-electron chi connectivity index (χ0n) is 16.4. The first kappa shape index (κ1) is 20.4. The van der Waals surface area contributed by atoms with Crippen molar-refractivity contribution in [3.8, 4) is 0 Å². The maximum Gasteiger partial charge on any atom is 0.407 e. The molecule has 25 heavy (non-hydrogen) atoms. The van der Waals surface area contributed by atoms with Crippen molar-refractivity contribution in [1.29, 1.82) is 0 Å². The van der Waals surface area contributed by atoms with Gasteiger partial charge in [0.1, 0.15) is 5.60 Å². The monoisotopic (exact) mass is 355 g/mol. The molecule has 2 fully saturated rings. The molecule has 146 valence electrons. The summed E-state index contributed by atoms with van der Waals surface area (Å²) in [6, 6.07) is 0. The Morgan fingerprint density at radius 2 is 1.44 bits per heavy atom. The van der Waals surface area contributed by atoms with Crippen LogP contribution in [0.4, 0.5) is 4.79 Å². The molecule has 2 heterocycles. The molecule has 2 rings (SSSR count). The minimum atomic E-state index is -0.430. The van der Waals surface area contributed by atoms with Gasteiger partial charge >= 0.3 is 6.09 Å². The third-order valence-electron chi connectivity index (χ3n) is 4.72. The van der Waals surface area contributed by atoms with Gasteiger partial charge in [-0.05, 0) is 40.3 Å². The van der Waals surface area contributed by atoms with E-state index in [1.165, 1.54) is 32.6 Å². The summed E-state index contributed by atoms with van der Waals surface area (Å²) < 4.78 is 5.25. The molecule has 2 saturated heterocycles. The van der Waals surface area contributed by atoms with Gasteiger partial charge in [-0.15, -0.1) is 0 Å². The Labute approximate surface area is 153 Å².